The molecule has 0 bridgehead atoms. The maximum Gasteiger partial charge on any atom is 0.328 e. The normalized spacial score (nSPS) is 13.8. The number of aliphatic carboxylic acids is 1. The van der Waals surface area contributed by atoms with Crippen molar-refractivity contribution >= 4 is 11.7 Å². The number of hydrogen-bond donors (Lipinski definition) is 2. The third kappa shape index (κ3) is 3.64. The van der Waals surface area contributed by atoms with Crippen molar-refractivity contribution in [3.05, 3.63) is 24.3 Å². The van der Waals surface area contributed by atoms with Crippen LogP contribution in [0.15, 0.2) is 24.3 Å². The van der Waals surface area contributed by atoms with Gasteiger partial charge in [-0.15, -0.1) is 0 Å². The van der Waals surface area contributed by atoms with Crippen LogP contribution in [0.1, 0.15) is 6.92 Å². The summed E-state index contributed by atoms with van der Waals surface area (Å²) in [5, 5.41) is 12.0. The van der Waals surface area contributed by atoms with Crippen molar-refractivity contribution in [1.29, 1.82) is 0 Å². The Morgan fingerprint density at radius 1 is 1.29 bits per heavy atom. The molecule has 1 aromatic carbocycles. The Hall–Kier alpha value is -1.75. The lowest BCUT2D eigenvalue weighted by Crippen LogP contribution is -2.40. The molecule has 0 heterocycles. The van der Waals surface area contributed by atoms with E-state index in [9.17, 15) is 4.79 Å². The second kappa shape index (κ2) is 6.10. The molecule has 0 aliphatic heterocycles. The zero-order valence-electron chi connectivity index (χ0n) is 10.1. The quantitative estimate of drug-likeness (QED) is 0.789. The number of methoxy groups -OCH3 is 2. The van der Waals surface area contributed by atoms with E-state index in [2.05, 4.69) is 5.32 Å². The number of carboxylic acids is 1. The Labute approximate surface area is 100 Å². The minimum Gasteiger partial charge on any atom is -0.497 e. The number of benzene rings is 1. The van der Waals surface area contributed by atoms with Crippen molar-refractivity contribution in [3.63, 3.8) is 0 Å². The van der Waals surface area contributed by atoms with Crippen LogP contribution in [0.3, 0.4) is 0 Å². The summed E-state index contributed by atoms with van der Waals surface area (Å²) in [5.74, 6) is -0.225. The number of anilines is 1. The average molecular weight is 239 g/mol. The lowest BCUT2D eigenvalue weighted by atomic mass is 10.1. The summed E-state index contributed by atoms with van der Waals surface area (Å²) in [4.78, 5) is 11.1. The smallest absolute Gasteiger partial charge is 0.328 e. The Balaban J connectivity index is 2.75. The minimum atomic E-state index is -0.949. The molecule has 0 fully saturated rings. The van der Waals surface area contributed by atoms with Gasteiger partial charge in [-0.2, -0.15) is 0 Å². The molecule has 1 aromatic rings. The maximum atomic E-state index is 11.1. The van der Waals surface area contributed by atoms with Crippen molar-refractivity contribution < 1.29 is 19.4 Å². The molecule has 0 spiro atoms. The number of carbonyl (C=O) groups is 1. The van der Waals surface area contributed by atoms with E-state index in [-0.39, 0.29) is 0 Å². The van der Waals surface area contributed by atoms with Crippen LogP contribution >= 0.6 is 0 Å². The first-order valence-electron chi connectivity index (χ1n) is 5.24. The molecule has 2 unspecified atom stereocenters. The summed E-state index contributed by atoms with van der Waals surface area (Å²) < 4.78 is 10.0. The number of carboxylic acid groups (broad SMARTS) is 1. The predicted molar refractivity (Wildman–Crippen MR) is 64.5 cm³/mol. The Kier molecular flexibility index (Phi) is 4.78. The van der Waals surface area contributed by atoms with Gasteiger partial charge in [0.1, 0.15) is 5.75 Å². The third-order valence-electron chi connectivity index (χ3n) is 2.52. The van der Waals surface area contributed by atoms with Crippen LogP contribution in [-0.2, 0) is 9.53 Å². The number of nitrogens with one attached hydrogen (secondary N) is 1. The van der Waals surface area contributed by atoms with Crippen molar-refractivity contribution in [2.24, 2.45) is 0 Å². The largest absolute Gasteiger partial charge is 0.497 e. The molecular weight excluding hydrogens is 222 g/mol. The summed E-state index contributed by atoms with van der Waals surface area (Å²) in [6.07, 6.45) is -0.422. The van der Waals surface area contributed by atoms with E-state index in [1.807, 2.05) is 0 Å². The lowest BCUT2D eigenvalue weighted by molar-refractivity contribution is -0.140. The Bertz CT molecular complexity index is 363. The van der Waals surface area contributed by atoms with Crippen molar-refractivity contribution in [3.8, 4) is 5.75 Å². The maximum absolute atomic E-state index is 11.1. The van der Waals surface area contributed by atoms with E-state index in [0.29, 0.717) is 5.69 Å². The van der Waals surface area contributed by atoms with Crippen LogP contribution in [0.25, 0.3) is 0 Å². The zero-order chi connectivity index (χ0) is 12.8. The summed E-state index contributed by atoms with van der Waals surface area (Å²) in [6.45, 7) is 1.70. The Morgan fingerprint density at radius 2 is 1.88 bits per heavy atom. The van der Waals surface area contributed by atoms with Crippen LogP contribution in [0, 0.1) is 0 Å². The molecule has 17 heavy (non-hydrogen) atoms. The first-order chi connectivity index (χ1) is 8.08. The summed E-state index contributed by atoms with van der Waals surface area (Å²) in [7, 11) is 3.06. The van der Waals surface area contributed by atoms with Crippen LogP contribution in [0.2, 0.25) is 0 Å². The van der Waals surface area contributed by atoms with Gasteiger partial charge in [-0.25, -0.2) is 4.79 Å². The van der Waals surface area contributed by atoms with Gasteiger partial charge in [0.05, 0.1) is 13.2 Å². The Morgan fingerprint density at radius 3 is 2.29 bits per heavy atom. The fourth-order valence-electron chi connectivity index (χ4n) is 1.38. The average Bonchev–Trinajstić information content (AvgIpc) is 2.35. The minimum absolute atomic E-state index is 0.422. The van der Waals surface area contributed by atoms with E-state index < -0.39 is 18.1 Å². The topological polar surface area (TPSA) is 67.8 Å². The first kappa shape index (κ1) is 13.3. The van der Waals surface area contributed by atoms with E-state index in [4.69, 9.17) is 14.6 Å². The monoisotopic (exact) mass is 239 g/mol. The highest BCUT2D eigenvalue weighted by Gasteiger charge is 2.24. The fraction of sp³-hybridized carbons (Fsp3) is 0.417. The van der Waals surface area contributed by atoms with E-state index in [0.717, 1.165) is 5.75 Å². The molecule has 2 N–H and O–H groups in total. The van der Waals surface area contributed by atoms with Gasteiger partial charge in [0.2, 0.25) is 0 Å². The highest BCUT2D eigenvalue weighted by Crippen LogP contribution is 2.17. The molecule has 1 rings (SSSR count). The standard InChI is InChI=1S/C12H17NO4/c1-8(16-2)11(12(14)15)13-9-4-6-10(17-3)7-5-9/h4-8,11,13H,1-3H3,(H,14,15). The molecule has 5 nitrogen and oxygen atoms in total. The molecule has 0 saturated carbocycles. The second-order valence-corrected chi connectivity index (χ2v) is 3.63. The molecule has 2 atom stereocenters. The molecule has 0 aromatic heterocycles. The summed E-state index contributed by atoms with van der Waals surface area (Å²) in [5.41, 5.74) is 0.710. The van der Waals surface area contributed by atoms with Crippen LogP contribution in [-0.4, -0.2) is 37.4 Å². The van der Waals surface area contributed by atoms with Crippen molar-refractivity contribution in [1.82, 2.24) is 0 Å². The fourth-order valence-corrected chi connectivity index (χ4v) is 1.38. The van der Waals surface area contributed by atoms with Gasteiger partial charge in [0.15, 0.2) is 6.04 Å². The van der Waals surface area contributed by atoms with Crippen molar-refractivity contribution in [2.45, 2.75) is 19.1 Å². The number of rotatable bonds is 6. The predicted octanol–water partition coefficient (Wildman–Crippen LogP) is 1.60. The van der Waals surface area contributed by atoms with E-state index in [1.165, 1.54) is 7.11 Å². The van der Waals surface area contributed by atoms with Gasteiger partial charge >= 0.3 is 5.97 Å². The molecule has 5 heteroatoms. The molecule has 0 aliphatic rings. The number of hydrogen-bond acceptors (Lipinski definition) is 4. The first-order valence-corrected chi connectivity index (χ1v) is 5.24. The van der Waals surface area contributed by atoms with Gasteiger partial charge < -0.3 is 19.9 Å². The van der Waals surface area contributed by atoms with Crippen LogP contribution in [0.5, 0.6) is 5.75 Å². The van der Waals surface area contributed by atoms with Crippen LogP contribution in [0.4, 0.5) is 5.69 Å². The lowest BCUT2D eigenvalue weighted by Gasteiger charge is -2.21. The number of ether oxygens (including phenoxy) is 2. The molecule has 0 aliphatic carbocycles. The highest BCUT2D eigenvalue weighted by atomic mass is 16.5. The van der Waals surface area contributed by atoms with Gasteiger partial charge in [-0.3, -0.25) is 0 Å². The zero-order valence-corrected chi connectivity index (χ0v) is 10.1. The van der Waals surface area contributed by atoms with Gasteiger partial charge in [-0.05, 0) is 31.2 Å². The second-order valence-electron chi connectivity index (χ2n) is 3.63. The molecule has 0 amide bonds. The summed E-state index contributed by atoms with van der Waals surface area (Å²) >= 11 is 0. The van der Waals surface area contributed by atoms with Gasteiger partial charge in [0, 0.05) is 12.8 Å². The SMILES string of the molecule is COc1ccc(NC(C(=O)O)C(C)OC)cc1. The highest BCUT2D eigenvalue weighted by molar-refractivity contribution is 5.78. The summed E-state index contributed by atoms with van der Waals surface area (Å²) in [6, 6.07) is 6.26. The molecule has 94 valence electrons. The van der Waals surface area contributed by atoms with Gasteiger partial charge in [0.25, 0.3) is 0 Å². The molecule has 0 saturated heterocycles. The van der Waals surface area contributed by atoms with Gasteiger partial charge in [-0.1, -0.05) is 0 Å². The van der Waals surface area contributed by atoms with Crippen LogP contribution < -0.4 is 10.1 Å². The molecule has 0 radical (unpaired) electrons. The van der Waals surface area contributed by atoms with E-state index >= 15 is 0 Å². The molecular formula is C12H17NO4. The van der Waals surface area contributed by atoms with E-state index in [1.54, 1.807) is 38.3 Å². The van der Waals surface area contributed by atoms with Crippen molar-refractivity contribution in [2.75, 3.05) is 19.5 Å². The third-order valence-corrected chi connectivity index (χ3v) is 2.52.